The topological polar surface area (TPSA) is 46.2 Å². The highest BCUT2D eigenvalue weighted by atomic mass is 19.1. The molecule has 0 aliphatic rings. The minimum absolute atomic E-state index is 0.247. The number of aryl methyl sites for hydroxylation is 2. The van der Waals surface area contributed by atoms with Crippen LogP contribution in [0.5, 0.6) is 0 Å². The molecule has 1 aromatic carbocycles. The molecule has 0 spiro atoms. The van der Waals surface area contributed by atoms with E-state index in [2.05, 4.69) is 0 Å². The molecule has 0 heterocycles. The Bertz CT molecular complexity index is 336. The Morgan fingerprint density at radius 2 is 1.86 bits per heavy atom. The second-order valence-corrected chi connectivity index (χ2v) is 3.76. The number of halogens is 1. The predicted octanol–water partition coefficient (Wildman–Crippen LogP) is 1.82. The molecular formula is C11H16FNO. The van der Waals surface area contributed by atoms with Crippen molar-refractivity contribution in [1.29, 1.82) is 0 Å². The van der Waals surface area contributed by atoms with Crippen LogP contribution in [0.2, 0.25) is 0 Å². The molecule has 1 aromatic rings. The van der Waals surface area contributed by atoms with Gasteiger partial charge in [0, 0.05) is 6.04 Å². The van der Waals surface area contributed by atoms with Crippen LogP contribution in [0.25, 0.3) is 0 Å². The van der Waals surface area contributed by atoms with Crippen LogP contribution in [0.15, 0.2) is 12.1 Å². The van der Waals surface area contributed by atoms with Gasteiger partial charge in [0.15, 0.2) is 0 Å². The molecule has 78 valence electrons. The molecule has 0 bridgehead atoms. The van der Waals surface area contributed by atoms with Crippen molar-refractivity contribution in [3.63, 3.8) is 0 Å². The van der Waals surface area contributed by atoms with E-state index in [1.165, 1.54) is 6.07 Å². The third kappa shape index (κ3) is 2.11. The first-order valence-electron chi connectivity index (χ1n) is 4.63. The van der Waals surface area contributed by atoms with E-state index in [1.807, 2.05) is 0 Å². The number of hydrogen-bond acceptors (Lipinski definition) is 2. The molecule has 0 saturated carbocycles. The van der Waals surface area contributed by atoms with Crippen LogP contribution in [0.3, 0.4) is 0 Å². The Balaban J connectivity index is 3.15. The van der Waals surface area contributed by atoms with E-state index in [-0.39, 0.29) is 11.9 Å². The van der Waals surface area contributed by atoms with Gasteiger partial charge >= 0.3 is 0 Å². The van der Waals surface area contributed by atoms with Crippen LogP contribution in [0.1, 0.15) is 29.7 Å². The van der Waals surface area contributed by atoms with Crippen molar-refractivity contribution in [2.75, 3.05) is 0 Å². The smallest absolute Gasteiger partial charge is 0.126 e. The lowest BCUT2D eigenvalue weighted by molar-refractivity contribution is 0.152. The Morgan fingerprint density at radius 1 is 1.29 bits per heavy atom. The molecular weight excluding hydrogens is 181 g/mol. The standard InChI is InChI=1S/C11H16FNO/c1-6-5-10(12)7(2)4-9(6)11(14)8(3)13/h4-5,8,11,14H,13H2,1-3H3. The number of nitrogens with two attached hydrogens (primary N) is 1. The van der Waals surface area contributed by atoms with Crippen molar-refractivity contribution < 1.29 is 9.50 Å². The van der Waals surface area contributed by atoms with Gasteiger partial charge in [-0.3, -0.25) is 0 Å². The zero-order chi connectivity index (χ0) is 10.9. The summed E-state index contributed by atoms with van der Waals surface area (Å²) in [6, 6.07) is 2.73. The van der Waals surface area contributed by atoms with E-state index in [1.54, 1.807) is 26.8 Å². The molecule has 3 N–H and O–H groups in total. The highest BCUT2D eigenvalue weighted by Gasteiger charge is 2.16. The minimum atomic E-state index is -0.728. The van der Waals surface area contributed by atoms with Crippen LogP contribution in [-0.2, 0) is 0 Å². The molecule has 0 aliphatic carbocycles. The fraction of sp³-hybridized carbons (Fsp3) is 0.455. The lowest BCUT2D eigenvalue weighted by Crippen LogP contribution is -2.25. The molecule has 3 heteroatoms. The zero-order valence-electron chi connectivity index (χ0n) is 8.71. The van der Waals surface area contributed by atoms with E-state index in [0.29, 0.717) is 11.1 Å². The summed E-state index contributed by atoms with van der Waals surface area (Å²) in [6.07, 6.45) is -0.728. The van der Waals surface area contributed by atoms with Gasteiger partial charge in [-0.15, -0.1) is 0 Å². The number of benzene rings is 1. The van der Waals surface area contributed by atoms with Gasteiger partial charge in [0.05, 0.1) is 6.10 Å². The van der Waals surface area contributed by atoms with Gasteiger partial charge in [0.1, 0.15) is 5.82 Å². The number of aliphatic hydroxyl groups is 1. The molecule has 2 unspecified atom stereocenters. The van der Waals surface area contributed by atoms with Gasteiger partial charge in [-0.2, -0.15) is 0 Å². The largest absolute Gasteiger partial charge is 0.387 e. The first-order valence-corrected chi connectivity index (χ1v) is 4.63. The molecule has 0 saturated heterocycles. The van der Waals surface area contributed by atoms with Crippen LogP contribution >= 0.6 is 0 Å². The molecule has 0 fully saturated rings. The van der Waals surface area contributed by atoms with E-state index in [9.17, 15) is 9.50 Å². The maximum atomic E-state index is 13.1. The highest BCUT2D eigenvalue weighted by Crippen LogP contribution is 2.22. The molecule has 0 amide bonds. The van der Waals surface area contributed by atoms with E-state index >= 15 is 0 Å². The first-order chi connectivity index (χ1) is 6.43. The predicted molar refractivity (Wildman–Crippen MR) is 54.5 cm³/mol. The summed E-state index contributed by atoms with van der Waals surface area (Å²) in [4.78, 5) is 0. The summed E-state index contributed by atoms with van der Waals surface area (Å²) in [6.45, 7) is 5.17. The van der Waals surface area contributed by atoms with Gasteiger partial charge in [-0.25, -0.2) is 4.39 Å². The summed E-state index contributed by atoms with van der Waals surface area (Å²) >= 11 is 0. The molecule has 1 rings (SSSR count). The van der Waals surface area contributed by atoms with Gasteiger partial charge in [-0.1, -0.05) is 6.07 Å². The van der Waals surface area contributed by atoms with Crippen LogP contribution < -0.4 is 5.73 Å². The second kappa shape index (κ2) is 4.07. The second-order valence-electron chi connectivity index (χ2n) is 3.76. The summed E-state index contributed by atoms with van der Waals surface area (Å²) < 4.78 is 13.1. The molecule has 14 heavy (non-hydrogen) atoms. The average Bonchev–Trinajstić information content (AvgIpc) is 2.10. The van der Waals surface area contributed by atoms with Crippen molar-refractivity contribution in [3.05, 3.63) is 34.6 Å². The maximum Gasteiger partial charge on any atom is 0.126 e. The molecule has 2 atom stereocenters. The van der Waals surface area contributed by atoms with Crippen LogP contribution in [0.4, 0.5) is 4.39 Å². The third-order valence-corrected chi connectivity index (χ3v) is 2.36. The Labute approximate surface area is 83.6 Å². The Hall–Kier alpha value is -0.930. The van der Waals surface area contributed by atoms with Gasteiger partial charge in [0.25, 0.3) is 0 Å². The Kier molecular flexibility index (Phi) is 3.24. The summed E-state index contributed by atoms with van der Waals surface area (Å²) in [5.74, 6) is -0.247. The van der Waals surface area contributed by atoms with Gasteiger partial charge in [0.2, 0.25) is 0 Å². The summed E-state index contributed by atoms with van der Waals surface area (Å²) in [7, 11) is 0. The van der Waals surface area contributed by atoms with Crippen molar-refractivity contribution >= 4 is 0 Å². The highest BCUT2D eigenvalue weighted by molar-refractivity contribution is 5.33. The van der Waals surface area contributed by atoms with Crippen molar-refractivity contribution in [1.82, 2.24) is 0 Å². The lowest BCUT2D eigenvalue weighted by Gasteiger charge is -2.18. The van der Waals surface area contributed by atoms with Gasteiger partial charge in [-0.05, 0) is 43.5 Å². The van der Waals surface area contributed by atoms with Crippen molar-refractivity contribution in [2.24, 2.45) is 5.73 Å². The summed E-state index contributed by atoms with van der Waals surface area (Å²) in [5.41, 5.74) is 7.56. The fourth-order valence-corrected chi connectivity index (χ4v) is 1.41. The quantitative estimate of drug-likeness (QED) is 0.759. The molecule has 0 aliphatic heterocycles. The van der Waals surface area contributed by atoms with Gasteiger partial charge < -0.3 is 10.8 Å². The monoisotopic (exact) mass is 197 g/mol. The lowest BCUT2D eigenvalue weighted by atomic mass is 9.97. The fourth-order valence-electron chi connectivity index (χ4n) is 1.41. The van der Waals surface area contributed by atoms with E-state index < -0.39 is 6.10 Å². The first kappa shape index (κ1) is 11.1. The molecule has 2 nitrogen and oxygen atoms in total. The minimum Gasteiger partial charge on any atom is -0.387 e. The van der Waals surface area contributed by atoms with Crippen LogP contribution in [-0.4, -0.2) is 11.1 Å². The van der Waals surface area contributed by atoms with Crippen molar-refractivity contribution in [3.8, 4) is 0 Å². The van der Waals surface area contributed by atoms with Crippen LogP contribution in [0, 0.1) is 19.7 Å². The summed E-state index contributed by atoms with van der Waals surface area (Å²) in [5, 5.41) is 9.75. The third-order valence-electron chi connectivity index (χ3n) is 2.36. The zero-order valence-corrected chi connectivity index (χ0v) is 8.71. The Morgan fingerprint density at radius 3 is 2.36 bits per heavy atom. The maximum absolute atomic E-state index is 13.1. The van der Waals surface area contributed by atoms with Crippen molar-refractivity contribution in [2.45, 2.75) is 32.9 Å². The number of aliphatic hydroxyl groups excluding tert-OH is 1. The number of rotatable bonds is 2. The molecule has 0 aromatic heterocycles. The normalized spacial score (nSPS) is 15.3. The van der Waals surface area contributed by atoms with E-state index in [0.717, 1.165) is 5.56 Å². The molecule has 0 radical (unpaired) electrons. The van der Waals surface area contributed by atoms with E-state index in [4.69, 9.17) is 5.73 Å². The average molecular weight is 197 g/mol. The number of hydrogen-bond donors (Lipinski definition) is 2. The SMILES string of the molecule is Cc1cc(C(O)C(C)N)c(C)cc1F.